The first-order valence-corrected chi connectivity index (χ1v) is 5.92. The standard InChI is InChI=1S/C15H21N/c1-5-9-13(4)16-15(12(2)3)14-10-7-6-8-11-14/h6-8,10-11H,5,9H2,1-4H3. The highest BCUT2D eigenvalue weighted by Gasteiger charge is 2.02. The molecule has 0 N–H and O–H groups in total. The van der Waals surface area contributed by atoms with Gasteiger partial charge in [0.2, 0.25) is 0 Å². The van der Waals surface area contributed by atoms with E-state index in [1.54, 1.807) is 0 Å². The lowest BCUT2D eigenvalue weighted by Gasteiger charge is -2.07. The first kappa shape index (κ1) is 12.7. The van der Waals surface area contributed by atoms with Crippen LogP contribution in [0.2, 0.25) is 0 Å². The molecule has 0 bridgehead atoms. The minimum Gasteiger partial charge on any atom is -0.258 e. The molecule has 1 nitrogen and oxygen atoms in total. The summed E-state index contributed by atoms with van der Waals surface area (Å²) in [6, 6.07) is 10.4. The summed E-state index contributed by atoms with van der Waals surface area (Å²) >= 11 is 0. The molecule has 0 saturated carbocycles. The Balaban J connectivity index is 3.04. The second-order valence-electron chi connectivity index (χ2n) is 4.31. The minimum absolute atomic E-state index is 1.07. The van der Waals surface area contributed by atoms with E-state index < -0.39 is 0 Å². The fraction of sp³-hybridized carbons (Fsp3) is 0.400. The minimum atomic E-state index is 1.07. The zero-order chi connectivity index (χ0) is 12.0. The molecule has 1 rings (SSSR count). The number of benzene rings is 1. The molecule has 16 heavy (non-hydrogen) atoms. The molecule has 0 aliphatic carbocycles. The van der Waals surface area contributed by atoms with Gasteiger partial charge in [0, 0.05) is 11.3 Å². The van der Waals surface area contributed by atoms with Crippen molar-refractivity contribution in [2.45, 2.75) is 40.5 Å². The molecule has 0 unspecified atom stereocenters. The fourth-order valence-corrected chi connectivity index (χ4v) is 1.67. The van der Waals surface area contributed by atoms with Gasteiger partial charge in [0.05, 0.1) is 5.70 Å². The molecule has 1 aromatic rings. The molecule has 0 aromatic heterocycles. The molecule has 0 aliphatic heterocycles. The summed E-state index contributed by atoms with van der Waals surface area (Å²) in [7, 11) is 0. The summed E-state index contributed by atoms with van der Waals surface area (Å²) in [6.07, 6.45) is 2.23. The van der Waals surface area contributed by atoms with Crippen LogP contribution in [0, 0.1) is 0 Å². The first-order valence-electron chi connectivity index (χ1n) is 5.92. The number of nitrogens with zero attached hydrogens (tertiary/aromatic N) is 1. The molecular weight excluding hydrogens is 194 g/mol. The van der Waals surface area contributed by atoms with Gasteiger partial charge in [-0.3, -0.25) is 4.99 Å². The van der Waals surface area contributed by atoms with Crippen molar-refractivity contribution in [3.8, 4) is 0 Å². The van der Waals surface area contributed by atoms with Crippen LogP contribution in [0.5, 0.6) is 0 Å². The van der Waals surface area contributed by atoms with Crippen LogP contribution in [0.3, 0.4) is 0 Å². The van der Waals surface area contributed by atoms with Crippen molar-refractivity contribution in [3.05, 3.63) is 41.5 Å². The van der Waals surface area contributed by atoms with Gasteiger partial charge < -0.3 is 0 Å². The molecular formula is C15H21N. The number of aliphatic imine (C=N–C) groups is 1. The van der Waals surface area contributed by atoms with Crippen molar-refractivity contribution in [3.63, 3.8) is 0 Å². The Morgan fingerprint density at radius 2 is 1.69 bits per heavy atom. The van der Waals surface area contributed by atoms with Crippen LogP contribution in [0.25, 0.3) is 5.70 Å². The average molecular weight is 215 g/mol. The van der Waals surface area contributed by atoms with Crippen molar-refractivity contribution < 1.29 is 0 Å². The van der Waals surface area contributed by atoms with E-state index in [1.807, 2.05) is 6.07 Å². The van der Waals surface area contributed by atoms with E-state index in [4.69, 9.17) is 4.99 Å². The van der Waals surface area contributed by atoms with Gasteiger partial charge in [-0.15, -0.1) is 0 Å². The van der Waals surface area contributed by atoms with Crippen LogP contribution in [0.15, 0.2) is 40.9 Å². The van der Waals surface area contributed by atoms with Crippen LogP contribution < -0.4 is 0 Å². The molecule has 0 aliphatic rings. The van der Waals surface area contributed by atoms with Gasteiger partial charge in [-0.25, -0.2) is 0 Å². The molecule has 0 spiro atoms. The van der Waals surface area contributed by atoms with Crippen molar-refractivity contribution in [2.75, 3.05) is 0 Å². The molecule has 0 amide bonds. The van der Waals surface area contributed by atoms with Crippen LogP contribution in [-0.2, 0) is 0 Å². The van der Waals surface area contributed by atoms with Gasteiger partial charge in [-0.1, -0.05) is 49.2 Å². The highest BCUT2D eigenvalue weighted by Crippen LogP contribution is 2.20. The Labute approximate surface area is 98.9 Å². The number of hydrogen-bond donors (Lipinski definition) is 0. The zero-order valence-electron chi connectivity index (χ0n) is 10.7. The Bertz CT molecular complexity index is 381. The second kappa shape index (κ2) is 6.26. The van der Waals surface area contributed by atoms with E-state index in [1.165, 1.54) is 16.8 Å². The maximum atomic E-state index is 4.73. The number of allylic oxidation sites excluding steroid dienone is 1. The summed E-state index contributed by atoms with van der Waals surface area (Å²) in [6.45, 7) is 8.52. The zero-order valence-corrected chi connectivity index (χ0v) is 10.7. The smallest absolute Gasteiger partial charge is 0.0687 e. The lowest BCUT2D eigenvalue weighted by Crippen LogP contribution is -1.93. The third-order valence-corrected chi connectivity index (χ3v) is 2.44. The van der Waals surface area contributed by atoms with Gasteiger partial charge >= 0.3 is 0 Å². The summed E-state index contributed by atoms with van der Waals surface area (Å²) in [5.74, 6) is 0. The quantitative estimate of drug-likeness (QED) is 0.646. The van der Waals surface area contributed by atoms with E-state index in [-0.39, 0.29) is 0 Å². The summed E-state index contributed by atoms with van der Waals surface area (Å²) in [5.41, 5.74) is 4.80. The lowest BCUT2D eigenvalue weighted by molar-refractivity contribution is 0.988. The van der Waals surface area contributed by atoms with Crippen LogP contribution in [-0.4, -0.2) is 5.71 Å². The van der Waals surface area contributed by atoms with Crippen LogP contribution >= 0.6 is 0 Å². The van der Waals surface area contributed by atoms with Gasteiger partial charge in [0.15, 0.2) is 0 Å². The van der Waals surface area contributed by atoms with Gasteiger partial charge in [-0.05, 0) is 27.2 Å². The number of hydrogen-bond acceptors (Lipinski definition) is 1. The van der Waals surface area contributed by atoms with Crippen molar-refractivity contribution in [1.82, 2.24) is 0 Å². The largest absolute Gasteiger partial charge is 0.258 e. The predicted octanol–water partition coefficient (Wildman–Crippen LogP) is 4.70. The average Bonchev–Trinajstić information content (AvgIpc) is 2.27. The monoisotopic (exact) mass is 215 g/mol. The van der Waals surface area contributed by atoms with Crippen molar-refractivity contribution >= 4 is 11.4 Å². The third kappa shape index (κ3) is 3.65. The second-order valence-corrected chi connectivity index (χ2v) is 4.31. The van der Waals surface area contributed by atoms with Gasteiger partial charge in [-0.2, -0.15) is 0 Å². The van der Waals surface area contributed by atoms with Crippen LogP contribution in [0.1, 0.15) is 46.1 Å². The summed E-state index contributed by atoms with van der Waals surface area (Å²) < 4.78 is 0. The molecule has 0 fully saturated rings. The maximum Gasteiger partial charge on any atom is 0.0687 e. The summed E-state index contributed by atoms with van der Waals surface area (Å²) in [4.78, 5) is 4.73. The maximum absolute atomic E-state index is 4.73. The van der Waals surface area contributed by atoms with E-state index in [2.05, 4.69) is 52.0 Å². The molecule has 86 valence electrons. The van der Waals surface area contributed by atoms with Gasteiger partial charge in [0.1, 0.15) is 0 Å². The molecule has 0 heterocycles. The van der Waals surface area contributed by atoms with E-state index in [0.29, 0.717) is 0 Å². The molecule has 1 heteroatoms. The molecule has 1 aromatic carbocycles. The van der Waals surface area contributed by atoms with E-state index in [9.17, 15) is 0 Å². The SMILES string of the molecule is CCCC(C)=NC(=C(C)C)c1ccccc1. The molecule has 0 saturated heterocycles. The lowest BCUT2D eigenvalue weighted by atomic mass is 10.1. The summed E-state index contributed by atoms with van der Waals surface area (Å²) in [5, 5.41) is 0. The Kier molecular flexibility index (Phi) is 4.97. The Hall–Kier alpha value is -1.37. The topological polar surface area (TPSA) is 12.4 Å². The van der Waals surface area contributed by atoms with Crippen molar-refractivity contribution in [2.24, 2.45) is 4.99 Å². The number of rotatable bonds is 4. The fourth-order valence-electron chi connectivity index (χ4n) is 1.67. The van der Waals surface area contributed by atoms with E-state index in [0.717, 1.165) is 18.5 Å². The normalized spacial score (nSPS) is 11.4. The highest BCUT2D eigenvalue weighted by molar-refractivity contribution is 5.88. The van der Waals surface area contributed by atoms with Crippen LogP contribution in [0.4, 0.5) is 0 Å². The van der Waals surface area contributed by atoms with Gasteiger partial charge in [0.25, 0.3) is 0 Å². The van der Waals surface area contributed by atoms with E-state index >= 15 is 0 Å². The van der Waals surface area contributed by atoms with Crippen molar-refractivity contribution in [1.29, 1.82) is 0 Å². The first-order chi connectivity index (χ1) is 7.65. The Morgan fingerprint density at radius 3 is 2.19 bits per heavy atom. The highest BCUT2D eigenvalue weighted by atomic mass is 14.8. The molecule has 0 atom stereocenters. The third-order valence-electron chi connectivity index (χ3n) is 2.44. The molecule has 0 radical (unpaired) electrons. The Morgan fingerprint density at radius 1 is 1.06 bits per heavy atom. The predicted molar refractivity (Wildman–Crippen MR) is 72.7 cm³/mol.